The second kappa shape index (κ2) is 8.50. The lowest BCUT2D eigenvalue weighted by molar-refractivity contribution is -0.113. The van der Waals surface area contributed by atoms with Crippen LogP contribution in [0.5, 0.6) is 11.5 Å². The van der Waals surface area contributed by atoms with Crippen molar-refractivity contribution in [2.24, 2.45) is 0 Å². The largest absolute Gasteiger partial charge is 0.493 e. The molecule has 0 unspecified atom stereocenters. The maximum Gasteiger partial charge on any atom is 0.234 e. The fraction of sp³-hybridized carbons (Fsp3) is 0.158. The first kappa shape index (κ1) is 19.2. The molecule has 1 N–H and O–H groups in total. The van der Waals surface area contributed by atoms with Crippen LogP contribution in [0.25, 0.3) is 16.3 Å². The standard InChI is InChI=1S/C19H17N5O3S2/c1-26-13-6-5-12(10-14(13)27-2)20-17(25)11-29-18-8-7-16-21-22-19(24(16)23-18)15-4-3-9-28-15/h3-10H,11H2,1-2H3,(H,20,25). The summed E-state index contributed by atoms with van der Waals surface area (Å²) in [5, 5.41) is 18.5. The Morgan fingerprint density at radius 3 is 2.76 bits per heavy atom. The summed E-state index contributed by atoms with van der Waals surface area (Å²) < 4.78 is 12.2. The predicted molar refractivity (Wildman–Crippen MR) is 113 cm³/mol. The van der Waals surface area contributed by atoms with Gasteiger partial charge in [0.05, 0.1) is 24.8 Å². The van der Waals surface area contributed by atoms with Crippen molar-refractivity contribution in [1.82, 2.24) is 19.8 Å². The molecule has 0 radical (unpaired) electrons. The van der Waals surface area contributed by atoms with E-state index in [-0.39, 0.29) is 11.7 Å². The third-order valence-electron chi connectivity index (χ3n) is 4.00. The number of nitrogens with one attached hydrogen (secondary N) is 1. The zero-order valence-electron chi connectivity index (χ0n) is 15.7. The number of thioether (sulfide) groups is 1. The number of ether oxygens (including phenoxy) is 2. The van der Waals surface area contributed by atoms with Gasteiger partial charge in [-0.3, -0.25) is 4.79 Å². The Bertz CT molecular complexity index is 1140. The number of amides is 1. The molecule has 1 amide bonds. The Morgan fingerprint density at radius 1 is 1.14 bits per heavy atom. The minimum absolute atomic E-state index is 0.147. The van der Waals surface area contributed by atoms with Crippen molar-refractivity contribution in [3.05, 3.63) is 47.8 Å². The number of hydrogen-bond acceptors (Lipinski definition) is 8. The first-order valence-electron chi connectivity index (χ1n) is 8.59. The third-order valence-corrected chi connectivity index (χ3v) is 5.78. The summed E-state index contributed by atoms with van der Waals surface area (Å²) in [5.41, 5.74) is 1.29. The first-order valence-corrected chi connectivity index (χ1v) is 10.5. The average molecular weight is 428 g/mol. The minimum atomic E-state index is -0.147. The van der Waals surface area contributed by atoms with E-state index in [0.29, 0.717) is 33.7 Å². The van der Waals surface area contributed by atoms with Crippen LogP contribution in [-0.2, 0) is 4.79 Å². The minimum Gasteiger partial charge on any atom is -0.493 e. The van der Waals surface area contributed by atoms with E-state index in [9.17, 15) is 4.79 Å². The highest BCUT2D eigenvalue weighted by atomic mass is 32.2. The predicted octanol–water partition coefficient (Wildman–Crippen LogP) is 3.60. The van der Waals surface area contributed by atoms with Gasteiger partial charge in [0.1, 0.15) is 5.03 Å². The molecular formula is C19H17N5O3S2. The maximum absolute atomic E-state index is 12.3. The number of aromatic nitrogens is 4. The Balaban J connectivity index is 1.44. The fourth-order valence-electron chi connectivity index (χ4n) is 2.66. The van der Waals surface area contributed by atoms with Crippen LogP contribution in [0, 0.1) is 0 Å². The summed E-state index contributed by atoms with van der Waals surface area (Å²) in [5.74, 6) is 1.91. The van der Waals surface area contributed by atoms with E-state index in [1.54, 1.807) is 48.3 Å². The number of fused-ring (bicyclic) bond motifs is 1. The number of benzene rings is 1. The molecule has 8 nitrogen and oxygen atoms in total. The number of anilines is 1. The van der Waals surface area contributed by atoms with Gasteiger partial charge < -0.3 is 14.8 Å². The quantitative estimate of drug-likeness (QED) is 0.451. The van der Waals surface area contributed by atoms with E-state index < -0.39 is 0 Å². The molecule has 0 saturated carbocycles. The molecule has 10 heteroatoms. The van der Waals surface area contributed by atoms with Gasteiger partial charge in [-0.15, -0.1) is 21.5 Å². The number of nitrogens with zero attached hydrogens (tertiary/aromatic N) is 4. The Labute approximate surface area is 174 Å². The van der Waals surface area contributed by atoms with Gasteiger partial charge in [0.2, 0.25) is 5.91 Å². The van der Waals surface area contributed by atoms with Gasteiger partial charge in [-0.2, -0.15) is 9.61 Å². The van der Waals surface area contributed by atoms with Gasteiger partial charge in [0.15, 0.2) is 23.0 Å². The van der Waals surface area contributed by atoms with Crippen molar-refractivity contribution < 1.29 is 14.3 Å². The lowest BCUT2D eigenvalue weighted by atomic mass is 10.2. The van der Waals surface area contributed by atoms with Gasteiger partial charge in [-0.05, 0) is 35.7 Å². The highest BCUT2D eigenvalue weighted by Gasteiger charge is 2.12. The average Bonchev–Trinajstić information content (AvgIpc) is 3.41. The van der Waals surface area contributed by atoms with Crippen molar-refractivity contribution in [1.29, 1.82) is 0 Å². The highest BCUT2D eigenvalue weighted by molar-refractivity contribution is 7.99. The van der Waals surface area contributed by atoms with E-state index in [1.807, 2.05) is 29.6 Å². The molecule has 4 rings (SSSR count). The Kier molecular flexibility index (Phi) is 5.63. The zero-order chi connectivity index (χ0) is 20.2. The molecule has 0 fully saturated rings. The van der Waals surface area contributed by atoms with Crippen LogP contribution in [-0.4, -0.2) is 45.7 Å². The van der Waals surface area contributed by atoms with Gasteiger partial charge in [-0.25, -0.2) is 0 Å². The van der Waals surface area contributed by atoms with Crippen molar-refractivity contribution in [2.45, 2.75) is 5.03 Å². The lowest BCUT2D eigenvalue weighted by Crippen LogP contribution is -2.14. The number of thiophene rings is 1. The molecule has 0 atom stereocenters. The molecule has 3 aromatic heterocycles. The second-order valence-corrected chi connectivity index (χ2v) is 7.79. The van der Waals surface area contributed by atoms with Crippen LogP contribution in [0.4, 0.5) is 5.69 Å². The highest BCUT2D eigenvalue weighted by Crippen LogP contribution is 2.30. The van der Waals surface area contributed by atoms with E-state index in [0.717, 1.165) is 4.88 Å². The van der Waals surface area contributed by atoms with Crippen LogP contribution < -0.4 is 14.8 Å². The SMILES string of the molecule is COc1ccc(NC(=O)CSc2ccc3nnc(-c4cccs4)n3n2)cc1OC. The zero-order valence-corrected chi connectivity index (χ0v) is 17.3. The molecule has 29 heavy (non-hydrogen) atoms. The summed E-state index contributed by atoms with van der Waals surface area (Å²) in [6.07, 6.45) is 0. The number of carbonyl (C=O) groups excluding carboxylic acids is 1. The molecule has 0 bridgehead atoms. The second-order valence-electron chi connectivity index (χ2n) is 5.85. The molecule has 0 aliphatic rings. The summed E-state index contributed by atoms with van der Waals surface area (Å²) >= 11 is 2.91. The molecule has 4 aromatic rings. The lowest BCUT2D eigenvalue weighted by Gasteiger charge is -2.10. The molecule has 0 aliphatic heterocycles. The normalized spacial score (nSPS) is 10.8. The smallest absolute Gasteiger partial charge is 0.234 e. The van der Waals surface area contributed by atoms with Gasteiger partial charge in [0.25, 0.3) is 0 Å². The molecule has 148 valence electrons. The number of methoxy groups -OCH3 is 2. The molecule has 0 spiro atoms. The van der Waals surface area contributed by atoms with Gasteiger partial charge in [-0.1, -0.05) is 17.8 Å². The van der Waals surface area contributed by atoms with Crippen LogP contribution in [0.15, 0.2) is 52.9 Å². The summed E-state index contributed by atoms with van der Waals surface area (Å²) in [6, 6.07) is 12.8. The summed E-state index contributed by atoms with van der Waals surface area (Å²) in [4.78, 5) is 13.3. The van der Waals surface area contributed by atoms with Gasteiger partial charge in [0, 0.05) is 11.8 Å². The van der Waals surface area contributed by atoms with E-state index >= 15 is 0 Å². The number of rotatable bonds is 7. The number of hydrogen-bond donors (Lipinski definition) is 1. The van der Waals surface area contributed by atoms with Crippen molar-refractivity contribution >= 4 is 40.3 Å². The number of carbonyl (C=O) groups is 1. The molecule has 0 aliphatic carbocycles. The van der Waals surface area contributed by atoms with E-state index in [2.05, 4.69) is 20.6 Å². The summed E-state index contributed by atoms with van der Waals surface area (Å²) in [7, 11) is 3.12. The molecule has 1 aromatic carbocycles. The Hall–Kier alpha value is -3.11. The van der Waals surface area contributed by atoms with E-state index in [1.165, 1.54) is 11.8 Å². The van der Waals surface area contributed by atoms with E-state index in [4.69, 9.17) is 9.47 Å². The first-order chi connectivity index (χ1) is 14.2. The summed E-state index contributed by atoms with van der Waals surface area (Å²) in [6.45, 7) is 0. The van der Waals surface area contributed by atoms with Crippen LogP contribution >= 0.6 is 23.1 Å². The topological polar surface area (TPSA) is 90.6 Å². The molecular weight excluding hydrogens is 410 g/mol. The fourth-order valence-corrected chi connectivity index (χ4v) is 4.01. The van der Waals surface area contributed by atoms with Crippen molar-refractivity contribution in [3.8, 4) is 22.2 Å². The van der Waals surface area contributed by atoms with Crippen molar-refractivity contribution in [2.75, 3.05) is 25.3 Å². The van der Waals surface area contributed by atoms with Crippen LogP contribution in [0.1, 0.15) is 0 Å². The molecule has 0 saturated heterocycles. The third kappa shape index (κ3) is 4.17. The maximum atomic E-state index is 12.3. The van der Waals surface area contributed by atoms with Gasteiger partial charge >= 0.3 is 0 Å². The monoisotopic (exact) mass is 427 g/mol. The van der Waals surface area contributed by atoms with Crippen LogP contribution in [0.2, 0.25) is 0 Å². The van der Waals surface area contributed by atoms with Crippen LogP contribution in [0.3, 0.4) is 0 Å². The van der Waals surface area contributed by atoms with Crippen molar-refractivity contribution in [3.63, 3.8) is 0 Å². The Morgan fingerprint density at radius 2 is 2.00 bits per heavy atom. The molecule has 3 heterocycles.